The summed E-state index contributed by atoms with van der Waals surface area (Å²) in [5, 5.41) is 20.7. The zero-order valence-corrected chi connectivity index (χ0v) is 12.3. The number of ether oxygens (including phenoxy) is 1. The number of rotatable bonds is 5. The van der Waals surface area contributed by atoms with E-state index in [1.807, 2.05) is 0 Å². The Balaban J connectivity index is 2.61. The van der Waals surface area contributed by atoms with Crippen molar-refractivity contribution in [2.24, 2.45) is 0 Å². The fourth-order valence-corrected chi connectivity index (χ4v) is 2.30. The lowest BCUT2D eigenvalue weighted by atomic mass is 9.91. The minimum absolute atomic E-state index is 0.0334. The average Bonchev–Trinajstić information content (AvgIpc) is 2.45. The van der Waals surface area contributed by atoms with Gasteiger partial charge in [-0.15, -0.1) is 0 Å². The molecule has 7 N–H and O–H groups in total. The topological polar surface area (TPSA) is 176 Å². The summed E-state index contributed by atoms with van der Waals surface area (Å²) in [6.07, 6.45) is 0. The largest absolute Gasteiger partial charge is 0.504 e. The number of aromatic nitrogens is 2. The van der Waals surface area contributed by atoms with Crippen LogP contribution in [0.1, 0.15) is 17.0 Å². The number of hydrogen-bond acceptors (Lipinski definition) is 9. The van der Waals surface area contributed by atoms with Crippen molar-refractivity contribution in [1.82, 2.24) is 9.97 Å². The minimum Gasteiger partial charge on any atom is -0.504 e. The van der Waals surface area contributed by atoms with Gasteiger partial charge in [0.15, 0.2) is 11.5 Å². The molecule has 10 nitrogen and oxygen atoms in total. The van der Waals surface area contributed by atoms with Crippen molar-refractivity contribution < 1.29 is 14.8 Å². The van der Waals surface area contributed by atoms with Gasteiger partial charge in [-0.3, -0.25) is 10.1 Å². The van der Waals surface area contributed by atoms with Crippen LogP contribution >= 0.6 is 0 Å². The first kappa shape index (κ1) is 16.1. The number of aromatic hydroxyl groups is 1. The minimum atomic E-state index is -0.819. The molecule has 0 aliphatic rings. The van der Waals surface area contributed by atoms with Gasteiger partial charge in [0.25, 0.3) is 0 Å². The fourth-order valence-electron chi connectivity index (χ4n) is 2.30. The Kier molecular flexibility index (Phi) is 4.35. The number of nitrogen functional groups attached to an aromatic ring is 3. The molecule has 122 valence electrons. The monoisotopic (exact) mass is 320 g/mol. The molecule has 0 bridgehead atoms. The molecular weight excluding hydrogens is 304 g/mol. The normalized spacial score (nSPS) is 11.9. The van der Waals surface area contributed by atoms with Crippen LogP contribution in [0.15, 0.2) is 18.2 Å². The molecule has 0 radical (unpaired) electrons. The number of phenols is 1. The van der Waals surface area contributed by atoms with Gasteiger partial charge in [-0.2, -0.15) is 9.97 Å². The molecule has 0 saturated carbocycles. The number of benzene rings is 1. The smallest absolute Gasteiger partial charge is 0.223 e. The quantitative estimate of drug-likeness (QED) is 0.447. The third kappa shape index (κ3) is 3.31. The summed E-state index contributed by atoms with van der Waals surface area (Å²) in [4.78, 5) is 18.2. The van der Waals surface area contributed by atoms with Crippen LogP contribution in [-0.2, 0) is 0 Å². The van der Waals surface area contributed by atoms with Gasteiger partial charge < -0.3 is 27.0 Å². The van der Waals surface area contributed by atoms with E-state index in [2.05, 4.69) is 9.97 Å². The van der Waals surface area contributed by atoms with E-state index in [-0.39, 0.29) is 34.6 Å². The molecule has 2 rings (SSSR count). The van der Waals surface area contributed by atoms with E-state index >= 15 is 0 Å². The summed E-state index contributed by atoms with van der Waals surface area (Å²) in [5.41, 5.74) is 17.8. The lowest BCUT2D eigenvalue weighted by Crippen LogP contribution is -2.19. The molecular formula is C13H16N6O4. The molecule has 23 heavy (non-hydrogen) atoms. The maximum atomic E-state index is 11.0. The lowest BCUT2D eigenvalue weighted by Gasteiger charge is -2.18. The van der Waals surface area contributed by atoms with E-state index in [9.17, 15) is 15.2 Å². The summed E-state index contributed by atoms with van der Waals surface area (Å²) in [6.45, 7) is -0.490. The summed E-state index contributed by atoms with van der Waals surface area (Å²) < 4.78 is 5.02. The Hall–Kier alpha value is -3.30. The second-order valence-corrected chi connectivity index (χ2v) is 4.77. The van der Waals surface area contributed by atoms with Gasteiger partial charge in [0.05, 0.1) is 18.6 Å². The van der Waals surface area contributed by atoms with Gasteiger partial charge in [0.1, 0.15) is 11.6 Å². The van der Waals surface area contributed by atoms with E-state index < -0.39 is 17.4 Å². The van der Waals surface area contributed by atoms with Crippen LogP contribution in [0, 0.1) is 10.1 Å². The van der Waals surface area contributed by atoms with E-state index in [1.54, 1.807) is 0 Å². The molecule has 1 aromatic carbocycles. The van der Waals surface area contributed by atoms with E-state index in [4.69, 9.17) is 21.9 Å². The summed E-state index contributed by atoms with van der Waals surface area (Å²) >= 11 is 0. The summed E-state index contributed by atoms with van der Waals surface area (Å²) in [6, 6.07) is 4.35. The van der Waals surface area contributed by atoms with Crippen LogP contribution in [-0.4, -0.2) is 33.7 Å². The molecule has 0 aliphatic heterocycles. The van der Waals surface area contributed by atoms with Gasteiger partial charge in [-0.25, -0.2) is 0 Å². The summed E-state index contributed by atoms with van der Waals surface area (Å²) in [5.74, 6) is -0.926. The Morgan fingerprint density at radius 2 is 1.91 bits per heavy atom. The van der Waals surface area contributed by atoms with E-state index in [0.29, 0.717) is 5.56 Å². The van der Waals surface area contributed by atoms with Crippen LogP contribution in [0.4, 0.5) is 17.6 Å². The van der Waals surface area contributed by atoms with Crippen molar-refractivity contribution in [2.75, 3.05) is 30.9 Å². The highest BCUT2D eigenvalue weighted by Crippen LogP contribution is 2.36. The second kappa shape index (κ2) is 6.22. The van der Waals surface area contributed by atoms with Gasteiger partial charge in [0, 0.05) is 4.92 Å². The van der Waals surface area contributed by atoms with Crippen molar-refractivity contribution in [1.29, 1.82) is 0 Å². The zero-order chi connectivity index (χ0) is 17.1. The molecule has 1 aromatic heterocycles. The Bertz CT molecular complexity index is 728. The van der Waals surface area contributed by atoms with Crippen molar-refractivity contribution in [3.63, 3.8) is 0 Å². The van der Waals surface area contributed by atoms with E-state index in [1.165, 1.54) is 25.3 Å². The molecule has 0 fully saturated rings. The molecule has 1 atom stereocenters. The molecule has 2 aromatic rings. The zero-order valence-electron chi connectivity index (χ0n) is 12.3. The fraction of sp³-hybridized carbons (Fsp3) is 0.231. The third-order valence-electron chi connectivity index (χ3n) is 3.31. The van der Waals surface area contributed by atoms with Crippen LogP contribution in [0.25, 0.3) is 0 Å². The van der Waals surface area contributed by atoms with Crippen LogP contribution in [0.3, 0.4) is 0 Å². The number of methoxy groups -OCH3 is 1. The van der Waals surface area contributed by atoms with Gasteiger partial charge in [0.2, 0.25) is 12.5 Å². The summed E-state index contributed by atoms with van der Waals surface area (Å²) in [7, 11) is 1.37. The Labute approximate surface area is 131 Å². The highest BCUT2D eigenvalue weighted by molar-refractivity contribution is 5.61. The third-order valence-corrected chi connectivity index (χ3v) is 3.31. The van der Waals surface area contributed by atoms with Gasteiger partial charge in [-0.05, 0) is 17.7 Å². The van der Waals surface area contributed by atoms with Gasteiger partial charge >= 0.3 is 0 Å². The molecule has 0 saturated heterocycles. The highest BCUT2D eigenvalue weighted by Gasteiger charge is 2.27. The molecule has 1 heterocycles. The second-order valence-electron chi connectivity index (χ2n) is 4.77. The van der Waals surface area contributed by atoms with Crippen molar-refractivity contribution in [3.8, 4) is 11.5 Å². The van der Waals surface area contributed by atoms with Crippen molar-refractivity contribution >= 4 is 17.6 Å². The predicted molar refractivity (Wildman–Crippen MR) is 83.6 cm³/mol. The Morgan fingerprint density at radius 3 is 2.43 bits per heavy atom. The van der Waals surface area contributed by atoms with Crippen molar-refractivity contribution in [2.45, 2.75) is 5.92 Å². The first-order valence-electron chi connectivity index (χ1n) is 6.50. The first-order valence-corrected chi connectivity index (χ1v) is 6.50. The molecule has 0 aliphatic carbocycles. The van der Waals surface area contributed by atoms with Crippen LogP contribution < -0.4 is 21.9 Å². The number of nitro groups is 1. The van der Waals surface area contributed by atoms with Gasteiger partial charge in [-0.1, -0.05) is 6.07 Å². The first-order chi connectivity index (χ1) is 10.8. The van der Waals surface area contributed by atoms with E-state index in [0.717, 1.165) is 0 Å². The Morgan fingerprint density at radius 1 is 1.30 bits per heavy atom. The number of phenolic OH excluding ortho intramolecular Hbond substituents is 1. The molecule has 0 spiro atoms. The van der Waals surface area contributed by atoms with Crippen molar-refractivity contribution in [3.05, 3.63) is 39.4 Å². The maximum absolute atomic E-state index is 11.0. The average molecular weight is 320 g/mol. The SMILES string of the molecule is COc1cc(C(C[N+](=O)[O-])c2c(N)nc(N)nc2N)ccc1O. The predicted octanol–water partition coefficient (Wildman–Crippen LogP) is 0.346. The maximum Gasteiger partial charge on any atom is 0.223 e. The standard InChI is InChI=1S/C13H16N6O4/c1-23-9-4-6(2-3-8(9)20)7(5-19(21)22)10-11(14)17-13(16)18-12(10)15/h2-4,7,20H,5H2,1H3,(H6,14,15,16,17,18). The number of nitrogens with two attached hydrogens (primary N) is 3. The van der Waals surface area contributed by atoms with Crippen LogP contribution in [0.2, 0.25) is 0 Å². The molecule has 1 unspecified atom stereocenters. The number of hydrogen-bond donors (Lipinski definition) is 4. The molecule has 10 heteroatoms. The van der Waals surface area contributed by atoms with Crippen LogP contribution in [0.5, 0.6) is 11.5 Å². The highest BCUT2D eigenvalue weighted by atomic mass is 16.6. The lowest BCUT2D eigenvalue weighted by molar-refractivity contribution is -0.481. The molecule has 0 amide bonds. The number of nitrogens with zero attached hydrogens (tertiary/aromatic N) is 3. The number of anilines is 3.